The first-order valence-corrected chi connectivity index (χ1v) is 5.80. The van der Waals surface area contributed by atoms with Gasteiger partial charge in [0.05, 0.1) is 10.5 Å². The Labute approximate surface area is 69.9 Å². The van der Waals surface area contributed by atoms with E-state index in [1.165, 1.54) is 0 Å². The van der Waals surface area contributed by atoms with Crippen molar-refractivity contribution in [1.82, 2.24) is 0 Å². The van der Waals surface area contributed by atoms with Crippen molar-refractivity contribution in [3.63, 3.8) is 0 Å². The van der Waals surface area contributed by atoms with Crippen LogP contribution in [0.3, 0.4) is 0 Å². The summed E-state index contributed by atoms with van der Waals surface area (Å²) in [5, 5.41) is -0.366. The van der Waals surface area contributed by atoms with Crippen LogP contribution in [0, 0.1) is 0 Å². The van der Waals surface area contributed by atoms with Gasteiger partial charge < -0.3 is 0 Å². The van der Waals surface area contributed by atoms with E-state index in [2.05, 4.69) is 0 Å². The molecule has 0 aliphatic rings. The molecular weight excluding hydrogens is 160 g/mol. The zero-order valence-corrected chi connectivity index (χ0v) is 8.61. The smallest absolute Gasteiger partial charge is 0.155 e. The third-order valence-electron chi connectivity index (χ3n) is 2.03. The molecule has 0 saturated heterocycles. The van der Waals surface area contributed by atoms with Crippen molar-refractivity contribution in [2.75, 3.05) is 0 Å². The highest BCUT2D eigenvalue weighted by Crippen LogP contribution is 2.15. The normalized spacial score (nSPS) is 12.9. The maximum Gasteiger partial charge on any atom is 0.155 e. The first-order chi connectivity index (χ1) is 4.96. The molecule has 0 aliphatic carbocycles. The fraction of sp³-hybridized carbons (Fsp3) is 1.00. The Hall–Kier alpha value is -0.0500. The number of rotatable bonds is 4. The van der Waals surface area contributed by atoms with Crippen LogP contribution in [0.15, 0.2) is 0 Å². The Balaban J connectivity index is 4.53. The van der Waals surface area contributed by atoms with E-state index in [4.69, 9.17) is 0 Å². The Kier molecular flexibility index (Phi) is 4.08. The van der Waals surface area contributed by atoms with Crippen molar-refractivity contribution in [3.05, 3.63) is 0 Å². The van der Waals surface area contributed by atoms with E-state index in [0.29, 0.717) is 0 Å². The molecule has 0 saturated carbocycles. The third kappa shape index (κ3) is 2.47. The van der Waals surface area contributed by atoms with E-state index in [-0.39, 0.29) is 10.5 Å². The molecular formula is C8H18O2S. The zero-order chi connectivity index (χ0) is 9.07. The summed E-state index contributed by atoms with van der Waals surface area (Å²) in [6, 6.07) is 0. The average Bonchev–Trinajstić information content (AvgIpc) is 1.89. The Morgan fingerprint density at radius 2 is 1.45 bits per heavy atom. The van der Waals surface area contributed by atoms with E-state index in [9.17, 15) is 8.42 Å². The van der Waals surface area contributed by atoms with Crippen LogP contribution in [0.1, 0.15) is 40.5 Å². The van der Waals surface area contributed by atoms with Crippen LogP contribution in [-0.2, 0) is 9.84 Å². The van der Waals surface area contributed by atoms with Crippen molar-refractivity contribution in [3.8, 4) is 0 Å². The summed E-state index contributed by atoms with van der Waals surface area (Å²) in [4.78, 5) is 0. The predicted octanol–water partition coefficient (Wildman–Crippen LogP) is 2.00. The first-order valence-electron chi connectivity index (χ1n) is 4.19. The molecule has 0 radical (unpaired) electrons. The monoisotopic (exact) mass is 178 g/mol. The van der Waals surface area contributed by atoms with Gasteiger partial charge in [-0.15, -0.1) is 0 Å². The van der Waals surface area contributed by atoms with Crippen molar-refractivity contribution in [2.24, 2.45) is 0 Å². The first kappa shape index (κ1) is 11.0. The second-order valence-corrected chi connectivity index (χ2v) is 5.86. The largest absolute Gasteiger partial charge is 0.228 e. The molecule has 0 spiro atoms. The Morgan fingerprint density at radius 3 is 1.55 bits per heavy atom. The predicted molar refractivity (Wildman–Crippen MR) is 48.4 cm³/mol. The molecule has 2 nitrogen and oxygen atoms in total. The summed E-state index contributed by atoms with van der Waals surface area (Å²) >= 11 is 0. The summed E-state index contributed by atoms with van der Waals surface area (Å²) in [5.74, 6) is 0. The highest BCUT2D eigenvalue weighted by atomic mass is 32.2. The molecule has 0 N–H and O–H groups in total. The van der Waals surface area contributed by atoms with Gasteiger partial charge in [-0.3, -0.25) is 0 Å². The summed E-state index contributed by atoms with van der Waals surface area (Å²) in [5.41, 5.74) is 0. The molecule has 0 atom stereocenters. The highest BCUT2D eigenvalue weighted by Gasteiger charge is 2.24. The fourth-order valence-electron chi connectivity index (χ4n) is 1.14. The lowest BCUT2D eigenvalue weighted by Crippen LogP contribution is -2.27. The molecule has 0 aromatic rings. The van der Waals surface area contributed by atoms with Crippen LogP contribution in [-0.4, -0.2) is 18.9 Å². The lowest BCUT2D eigenvalue weighted by atomic mass is 10.3. The topological polar surface area (TPSA) is 34.1 Å². The molecule has 0 aromatic carbocycles. The summed E-state index contributed by atoms with van der Waals surface area (Å²) < 4.78 is 23.0. The minimum Gasteiger partial charge on any atom is -0.228 e. The van der Waals surface area contributed by atoms with E-state index >= 15 is 0 Å². The van der Waals surface area contributed by atoms with E-state index < -0.39 is 9.84 Å². The van der Waals surface area contributed by atoms with E-state index in [1.807, 2.05) is 13.8 Å². The van der Waals surface area contributed by atoms with Crippen molar-refractivity contribution in [1.29, 1.82) is 0 Å². The second kappa shape index (κ2) is 4.10. The maximum atomic E-state index is 11.5. The van der Waals surface area contributed by atoms with Gasteiger partial charge in [-0.1, -0.05) is 13.8 Å². The summed E-state index contributed by atoms with van der Waals surface area (Å²) in [6.45, 7) is 7.34. The second-order valence-electron chi connectivity index (χ2n) is 3.08. The van der Waals surface area contributed by atoms with Crippen molar-refractivity contribution in [2.45, 2.75) is 51.0 Å². The van der Waals surface area contributed by atoms with Crippen LogP contribution in [0.2, 0.25) is 0 Å². The quantitative estimate of drug-likeness (QED) is 0.660. The van der Waals surface area contributed by atoms with Gasteiger partial charge in [0.2, 0.25) is 0 Å². The number of hydrogen-bond donors (Lipinski definition) is 0. The lowest BCUT2D eigenvalue weighted by molar-refractivity contribution is 0.562. The molecule has 0 amide bonds. The van der Waals surface area contributed by atoms with Gasteiger partial charge in [0, 0.05) is 0 Å². The molecule has 0 heterocycles. The van der Waals surface area contributed by atoms with E-state index in [0.717, 1.165) is 12.8 Å². The minimum atomic E-state index is -2.84. The van der Waals surface area contributed by atoms with Crippen LogP contribution in [0.5, 0.6) is 0 Å². The van der Waals surface area contributed by atoms with Gasteiger partial charge in [-0.05, 0) is 26.7 Å². The van der Waals surface area contributed by atoms with Crippen molar-refractivity contribution >= 4 is 9.84 Å². The van der Waals surface area contributed by atoms with Gasteiger partial charge in [0.25, 0.3) is 0 Å². The Bertz CT molecular complexity index is 188. The zero-order valence-electron chi connectivity index (χ0n) is 7.79. The minimum absolute atomic E-state index is 0.137. The van der Waals surface area contributed by atoms with Gasteiger partial charge in [0.1, 0.15) is 0 Å². The summed E-state index contributed by atoms with van der Waals surface area (Å²) in [7, 11) is -2.84. The maximum absolute atomic E-state index is 11.5. The molecule has 0 bridgehead atoms. The third-order valence-corrected chi connectivity index (χ3v) is 4.94. The van der Waals surface area contributed by atoms with E-state index in [1.54, 1.807) is 13.8 Å². The molecule has 68 valence electrons. The van der Waals surface area contributed by atoms with Gasteiger partial charge in [-0.2, -0.15) is 0 Å². The fourth-order valence-corrected chi connectivity index (χ4v) is 2.84. The van der Waals surface area contributed by atoms with Gasteiger partial charge in [-0.25, -0.2) is 8.42 Å². The molecule has 0 aliphatic heterocycles. The average molecular weight is 178 g/mol. The van der Waals surface area contributed by atoms with Crippen LogP contribution in [0.25, 0.3) is 0 Å². The molecule has 0 unspecified atom stereocenters. The standard InChI is InChI=1S/C8H18O2S/c1-5-8(6-2)11(9,10)7(3)4/h7-8H,5-6H2,1-4H3. The number of hydrogen-bond acceptors (Lipinski definition) is 2. The van der Waals surface area contributed by atoms with Crippen LogP contribution >= 0.6 is 0 Å². The molecule has 0 aromatic heterocycles. The van der Waals surface area contributed by atoms with Gasteiger partial charge >= 0.3 is 0 Å². The van der Waals surface area contributed by atoms with Crippen LogP contribution < -0.4 is 0 Å². The van der Waals surface area contributed by atoms with Gasteiger partial charge in [0.15, 0.2) is 9.84 Å². The summed E-state index contributed by atoms with van der Waals surface area (Å²) in [6.07, 6.45) is 1.47. The molecule has 0 rings (SSSR count). The molecule has 3 heteroatoms. The molecule has 11 heavy (non-hydrogen) atoms. The van der Waals surface area contributed by atoms with Crippen LogP contribution in [0.4, 0.5) is 0 Å². The SMILES string of the molecule is CCC(CC)S(=O)(=O)C(C)C. The Morgan fingerprint density at radius 1 is 1.09 bits per heavy atom. The number of sulfone groups is 1. The molecule has 0 fully saturated rings. The lowest BCUT2D eigenvalue weighted by Gasteiger charge is -2.16. The van der Waals surface area contributed by atoms with Crippen molar-refractivity contribution < 1.29 is 8.42 Å². The highest BCUT2D eigenvalue weighted by molar-refractivity contribution is 7.92.